The van der Waals surface area contributed by atoms with Crippen molar-refractivity contribution in [2.75, 3.05) is 27.2 Å². The molecule has 0 bridgehead atoms. The lowest BCUT2D eigenvalue weighted by Crippen LogP contribution is -2.36. The van der Waals surface area contributed by atoms with Crippen LogP contribution in [0.3, 0.4) is 0 Å². The Kier molecular flexibility index (Phi) is 2.44. The molecule has 22 heavy (non-hydrogen) atoms. The van der Waals surface area contributed by atoms with E-state index in [0.29, 0.717) is 12.1 Å². The second kappa shape index (κ2) is 4.19. The van der Waals surface area contributed by atoms with E-state index in [9.17, 15) is 0 Å². The maximum Gasteiger partial charge on any atom is 0.175 e. The zero-order chi connectivity index (χ0) is 14.9. The molecule has 3 heterocycles. The molecule has 0 amide bonds. The Morgan fingerprint density at radius 1 is 0.955 bits per heavy atom. The number of rotatable bonds is 4. The van der Waals surface area contributed by atoms with E-state index in [1.807, 2.05) is 0 Å². The fourth-order valence-corrected chi connectivity index (χ4v) is 4.42. The van der Waals surface area contributed by atoms with Gasteiger partial charge >= 0.3 is 0 Å². The van der Waals surface area contributed by atoms with Crippen molar-refractivity contribution in [3.63, 3.8) is 0 Å². The van der Waals surface area contributed by atoms with Crippen LogP contribution in [0.15, 0.2) is 48.5 Å². The summed E-state index contributed by atoms with van der Waals surface area (Å²) in [4.78, 5) is 4.73. The van der Waals surface area contributed by atoms with Crippen molar-refractivity contribution in [1.82, 2.24) is 9.80 Å². The fourth-order valence-electron chi connectivity index (χ4n) is 4.42. The highest BCUT2D eigenvalue weighted by Crippen LogP contribution is 2.75. The molecule has 0 aliphatic carbocycles. The normalized spacial score (nSPS) is 32.8. The van der Waals surface area contributed by atoms with E-state index in [1.54, 1.807) is 0 Å². The molecule has 3 aliphatic rings. The van der Waals surface area contributed by atoms with E-state index in [0.717, 1.165) is 13.2 Å². The van der Waals surface area contributed by atoms with Crippen molar-refractivity contribution >= 4 is 0 Å². The third-order valence-electron chi connectivity index (χ3n) is 5.31. The van der Waals surface area contributed by atoms with Gasteiger partial charge in [-0.3, -0.25) is 0 Å². The Morgan fingerprint density at radius 3 is 2.05 bits per heavy atom. The van der Waals surface area contributed by atoms with E-state index in [4.69, 9.17) is 4.74 Å². The minimum atomic E-state index is -0.349. The summed E-state index contributed by atoms with van der Waals surface area (Å²) < 4.78 is 6.58. The largest absolute Gasteiger partial charge is 0.350 e. The van der Waals surface area contributed by atoms with Gasteiger partial charge in [0.1, 0.15) is 0 Å². The van der Waals surface area contributed by atoms with Gasteiger partial charge in [-0.25, -0.2) is 4.90 Å². The lowest BCUT2D eigenvalue weighted by Gasteiger charge is -2.32. The summed E-state index contributed by atoms with van der Waals surface area (Å²) in [5, 5.41) is 0. The molecular formula is C19H20N2O. The van der Waals surface area contributed by atoms with E-state index in [-0.39, 0.29) is 5.72 Å². The first-order valence-corrected chi connectivity index (χ1v) is 8.01. The molecule has 3 heteroatoms. The van der Waals surface area contributed by atoms with Crippen LogP contribution in [0, 0.1) is 0 Å². The molecule has 0 radical (unpaired) electrons. The van der Waals surface area contributed by atoms with Gasteiger partial charge in [0.25, 0.3) is 0 Å². The molecule has 3 nitrogen and oxygen atoms in total. The summed E-state index contributed by atoms with van der Waals surface area (Å²) >= 11 is 0. The average Bonchev–Trinajstić information content (AvgIpc) is 3.14. The van der Waals surface area contributed by atoms with Gasteiger partial charge in [0.15, 0.2) is 5.72 Å². The number of nitrogens with zero attached hydrogens (tertiary/aromatic N) is 2. The molecule has 0 saturated carbocycles. The van der Waals surface area contributed by atoms with Crippen LogP contribution >= 0.6 is 0 Å². The number of ether oxygens (including phenoxy) is 1. The zero-order valence-electron chi connectivity index (χ0n) is 13.0. The summed E-state index contributed by atoms with van der Waals surface area (Å²) in [5.41, 5.74) is 5.25. The van der Waals surface area contributed by atoms with Crippen LogP contribution in [0.2, 0.25) is 0 Å². The van der Waals surface area contributed by atoms with Crippen LogP contribution < -0.4 is 0 Å². The molecule has 3 aliphatic heterocycles. The SMILES string of the molecule is CN(C)CCOC12c3ccccc3C3C(c4ccccc41)N32. The Morgan fingerprint density at radius 2 is 1.50 bits per heavy atom. The molecule has 2 aromatic rings. The van der Waals surface area contributed by atoms with Crippen molar-refractivity contribution in [2.24, 2.45) is 0 Å². The number of benzene rings is 2. The van der Waals surface area contributed by atoms with E-state index >= 15 is 0 Å². The van der Waals surface area contributed by atoms with Crippen molar-refractivity contribution in [2.45, 2.75) is 17.8 Å². The predicted octanol–water partition coefficient (Wildman–Crippen LogP) is 2.89. The molecule has 0 N–H and O–H groups in total. The number of likely N-dealkylation sites (N-methyl/N-ethyl adjacent to an activating group) is 1. The van der Waals surface area contributed by atoms with Crippen LogP contribution in [0.4, 0.5) is 0 Å². The Hall–Kier alpha value is -1.68. The summed E-state index contributed by atoms with van der Waals surface area (Å²) in [7, 11) is 4.18. The lowest BCUT2D eigenvalue weighted by atomic mass is 9.94. The molecule has 5 rings (SSSR count). The first kappa shape index (κ1) is 12.8. The minimum absolute atomic E-state index is 0.349. The van der Waals surface area contributed by atoms with Crippen LogP contribution in [-0.4, -0.2) is 37.0 Å². The second-order valence-corrected chi connectivity index (χ2v) is 6.77. The van der Waals surface area contributed by atoms with E-state index < -0.39 is 0 Å². The van der Waals surface area contributed by atoms with Gasteiger partial charge in [-0.2, -0.15) is 0 Å². The summed E-state index contributed by atoms with van der Waals surface area (Å²) in [5.74, 6) is 0. The highest BCUT2D eigenvalue weighted by molar-refractivity contribution is 5.62. The monoisotopic (exact) mass is 292 g/mol. The predicted molar refractivity (Wildman–Crippen MR) is 85.5 cm³/mol. The number of fused-ring (bicyclic) bond motifs is 7. The fraction of sp³-hybridized carbons (Fsp3) is 0.368. The number of hydrogen-bond acceptors (Lipinski definition) is 3. The highest BCUT2D eigenvalue weighted by atomic mass is 16.5. The quantitative estimate of drug-likeness (QED) is 0.806. The van der Waals surface area contributed by atoms with Gasteiger partial charge in [0.05, 0.1) is 18.7 Å². The molecule has 2 aromatic carbocycles. The Balaban J connectivity index is 1.65. The van der Waals surface area contributed by atoms with Crippen molar-refractivity contribution in [3.05, 3.63) is 70.8 Å². The topological polar surface area (TPSA) is 15.5 Å². The van der Waals surface area contributed by atoms with E-state index in [1.165, 1.54) is 22.3 Å². The first-order chi connectivity index (χ1) is 10.7. The van der Waals surface area contributed by atoms with Gasteiger partial charge in [0.2, 0.25) is 0 Å². The van der Waals surface area contributed by atoms with E-state index in [2.05, 4.69) is 72.4 Å². The van der Waals surface area contributed by atoms with Gasteiger partial charge in [-0.1, -0.05) is 48.5 Å². The minimum Gasteiger partial charge on any atom is -0.350 e. The Bertz CT molecular complexity index is 701. The van der Waals surface area contributed by atoms with Gasteiger partial charge in [0, 0.05) is 17.7 Å². The molecular weight excluding hydrogens is 272 g/mol. The zero-order valence-corrected chi connectivity index (χ0v) is 13.0. The van der Waals surface area contributed by atoms with Gasteiger partial charge in [-0.15, -0.1) is 0 Å². The molecule has 1 saturated heterocycles. The van der Waals surface area contributed by atoms with Crippen LogP contribution in [-0.2, 0) is 10.5 Å². The Labute approximate surface area is 131 Å². The third kappa shape index (κ3) is 1.37. The second-order valence-electron chi connectivity index (χ2n) is 6.77. The third-order valence-corrected chi connectivity index (χ3v) is 5.31. The maximum absolute atomic E-state index is 6.58. The van der Waals surface area contributed by atoms with Crippen molar-refractivity contribution in [1.29, 1.82) is 0 Å². The van der Waals surface area contributed by atoms with Crippen LogP contribution in [0.5, 0.6) is 0 Å². The first-order valence-electron chi connectivity index (χ1n) is 8.01. The molecule has 112 valence electrons. The lowest BCUT2D eigenvalue weighted by molar-refractivity contribution is -0.0844. The standard InChI is InChI=1S/C19H20N2O/c1-20(2)11-12-22-19-15-9-5-3-7-13(15)17-18(21(17)19)14-8-4-6-10-16(14)19/h3-10,17-18H,11-12H2,1-2H3. The molecule has 2 atom stereocenters. The smallest absolute Gasteiger partial charge is 0.175 e. The molecule has 0 aromatic heterocycles. The van der Waals surface area contributed by atoms with Crippen molar-refractivity contribution in [3.8, 4) is 0 Å². The highest BCUT2D eigenvalue weighted by Gasteiger charge is 2.73. The summed E-state index contributed by atoms with van der Waals surface area (Å²) in [6.45, 7) is 1.68. The molecule has 2 unspecified atom stereocenters. The average molecular weight is 292 g/mol. The molecule has 1 fully saturated rings. The van der Waals surface area contributed by atoms with Gasteiger partial charge in [-0.05, 0) is 25.2 Å². The summed E-state index contributed by atoms with van der Waals surface area (Å²) in [6.07, 6.45) is 0. The van der Waals surface area contributed by atoms with Gasteiger partial charge < -0.3 is 9.64 Å². The van der Waals surface area contributed by atoms with Crippen molar-refractivity contribution < 1.29 is 4.74 Å². The summed E-state index contributed by atoms with van der Waals surface area (Å²) in [6, 6.07) is 18.7. The van der Waals surface area contributed by atoms with Crippen LogP contribution in [0.1, 0.15) is 34.3 Å². The molecule has 0 spiro atoms. The maximum atomic E-state index is 6.58. The number of hydrogen-bond donors (Lipinski definition) is 0. The van der Waals surface area contributed by atoms with Crippen LogP contribution in [0.25, 0.3) is 0 Å².